The summed E-state index contributed by atoms with van der Waals surface area (Å²) in [4.78, 5) is 25.5. The number of esters is 1. The van der Waals surface area contributed by atoms with E-state index in [-0.39, 0.29) is 17.9 Å². The molecule has 2 aliphatic rings. The molecule has 2 rings (SSSR count). The van der Waals surface area contributed by atoms with E-state index in [1.807, 2.05) is 20.8 Å². The zero-order valence-electron chi connectivity index (χ0n) is 15.7. The summed E-state index contributed by atoms with van der Waals surface area (Å²) in [6.45, 7) is 5.56. The number of hydrogen-bond acceptors (Lipinski definition) is 3. The Kier molecular flexibility index (Phi) is 7.51. The number of hydrogen-bond donors (Lipinski definition) is 0. The highest BCUT2D eigenvalue weighted by Crippen LogP contribution is 2.41. The first kappa shape index (κ1) is 19.2. The van der Waals surface area contributed by atoms with Crippen molar-refractivity contribution in [1.82, 2.24) is 0 Å². The van der Waals surface area contributed by atoms with E-state index in [1.165, 1.54) is 44.1 Å². The Labute approximate surface area is 147 Å². The molecule has 3 nitrogen and oxygen atoms in total. The SMILES string of the molecule is CCC(=O)C(C(=O)OC(C)C)=C(C1CCCCC1)C1CCCCC1. The molecule has 0 spiro atoms. The van der Waals surface area contributed by atoms with Crippen LogP contribution >= 0.6 is 0 Å². The zero-order valence-corrected chi connectivity index (χ0v) is 15.7. The summed E-state index contributed by atoms with van der Waals surface area (Å²) in [6.07, 6.45) is 12.1. The van der Waals surface area contributed by atoms with Crippen LogP contribution in [-0.2, 0) is 14.3 Å². The number of rotatable bonds is 6. The molecule has 136 valence electrons. The molecule has 0 amide bonds. The maximum Gasteiger partial charge on any atom is 0.341 e. The van der Waals surface area contributed by atoms with Crippen molar-refractivity contribution in [3.63, 3.8) is 0 Å². The van der Waals surface area contributed by atoms with Gasteiger partial charge in [0.15, 0.2) is 5.78 Å². The highest BCUT2D eigenvalue weighted by atomic mass is 16.5. The molecule has 0 aromatic carbocycles. The van der Waals surface area contributed by atoms with E-state index in [9.17, 15) is 9.59 Å². The minimum atomic E-state index is -0.372. The van der Waals surface area contributed by atoms with E-state index in [4.69, 9.17) is 4.74 Å². The van der Waals surface area contributed by atoms with Gasteiger partial charge >= 0.3 is 5.97 Å². The highest BCUT2D eigenvalue weighted by molar-refractivity contribution is 6.18. The second-order valence-electron chi connectivity index (χ2n) is 7.73. The summed E-state index contributed by atoms with van der Waals surface area (Å²) in [6, 6.07) is 0. The fourth-order valence-corrected chi connectivity index (χ4v) is 4.41. The third-order valence-electron chi connectivity index (χ3n) is 5.53. The molecule has 0 aliphatic heterocycles. The predicted molar refractivity (Wildman–Crippen MR) is 96.7 cm³/mol. The van der Waals surface area contributed by atoms with Crippen LogP contribution in [0, 0.1) is 11.8 Å². The topological polar surface area (TPSA) is 43.4 Å². The maximum atomic E-state index is 12.8. The molecule has 0 unspecified atom stereocenters. The summed E-state index contributed by atoms with van der Waals surface area (Å²) in [5, 5.41) is 0. The number of ketones is 1. The molecule has 0 bridgehead atoms. The largest absolute Gasteiger partial charge is 0.459 e. The van der Waals surface area contributed by atoms with Crippen molar-refractivity contribution in [2.75, 3.05) is 0 Å². The van der Waals surface area contributed by atoms with Crippen LogP contribution in [0.4, 0.5) is 0 Å². The number of allylic oxidation sites excluding steroid dienone is 1. The third kappa shape index (κ3) is 4.94. The van der Waals surface area contributed by atoms with Gasteiger partial charge in [0, 0.05) is 6.42 Å². The van der Waals surface area contributed by atoms with E-state index < -0.39 is 0 Å². The molecule has 24 heavy (non-hydrogen) atoms. The fraction of sp³-hybridized carbons (Fsp3) is 0.810. The van der Waals surface area contributed by atoms with Gasteiger partial charge in [-0.25, -0.2) is 4.79 Å². The molecular weight excluding hydrogens is 300 g/mol. The van der Waals surface area contributed by atoms with E-state index in [2.05, 4.69) is 0 Å². The Bertz CT molecular complexity index is 443. The Morgan fingerprint density at radius 1 is 0.875 bits per heavy atom. The Balaban J connectivity index is 2.43. The van der Waals surface area contributed by atoms with E-state index in [0.717, 1.165) is 25.7 Å². The summed E-state index contributed by atoms with van der Waals surface area (Å²) in [5.41, 5.74) is 1.59. The van der Waals surface area contributed by atoms with Crippen molar-refractivity contribution >= 4 is 11.8 Å². The number of carbonyl (C=O) groups is 2. The molecule has 3 heteroatoms. The van der Waals surface area contributed by atoms with Gasteiger partial charge in [-0.3, -0.25) is 4.79 Å². The highest BCUT2D eigenvalue weighted by Gasteiger charge is 2.34. The summed E-state index contributed by atoms with van der Waals surface area (Å²) >= 11 is 0. The Morgan fingerprint density at radius 3 is 1.71 bits per heavy atom. The normalized spacial score (nSPS) is 20.0. The van der Waals surface area contributed by atoms with Crippen LogP contribution in [0.1, 0.15) is 91.4 Å². The van der Waals surface area contributed by atoms with Crippen LogP contribution in [0.15, 0.2) is 11.1 Å². The van der Waals surface area contributed by atoms with Gasteiger partial charge in [0.1, 0.15) is 5.57 Å². The summed E-state index contributed by atoms with van der Waals surface area (Å²) in [7, 11) is 0. The van der Waals surface area contributed by atoms with Crippen molar-refractivity contribution in [1.29, 1.82) is 0 Å². The van der Waals surface area contributed by atoms with Gasteiger partial charge in [-0.1, -0.05) is 45.4 Å². The quantitative estimate of drug-likeness (QED) is 0.284. The lowest BCUT2D eigenvalue weighted by Gasteiger charge is -2.34. The van der Waals surface area contributed by atoms with Crippen molar-refractivity contribution < 1.29 is 14.3 Å². The molecular formula is C21H34O3. The van der Waals surface area contributed by atoms with Gasteiger partial charge in [-0.15, -0.1) is 0 Å². The summed E-state index contributed by atoms with van der Waals surface area (Å²) in [5.74, 6) is 0.425. The second kappa shape index (κ2) is 9.39. The van der Waals surface area contributed by atoms with Crippen molar-refractivity contribution in [3.8, 4) is 0 Å². The molecule has 0 radical (unpaired) electrons. The van der Waals surface area contributed by atoms with Crippen molar-refractivity contribution in [2.45, 2.75) is 97.5 Å². The van der Waals surface area contributed by atoms with Gasteiger partial charge < -0.3 is 4.74 Å². The van der Waals surface area contributed by atoms with Crippen LogP contribution in [0.3, 0.4) is 0 Å². The second-order valence-corrected chi connectivity index (χ2v) is 7.73. The van der Waals surface area contributed by atoms with Crippen LogP contribution < -0.4 is 0 Å². The monoisotopic (exact) mass is 334 g/mol. The minimum Gasteiger partial charge on any atom is -0.459 e. The van der Waals surface area contributed by atoms with E-state index >= 15 is 0 Å². The number of carbonyl (C=O) groups excluding carboxylic acids is 2. The van der Waals surface area contributed by atoms with Crippen molar-refractivity contribution in [3.05, 3.63) is 11.1 Å². The van der Waals surface area contributed by atoms with Crippen LogP contribution in [-0.4, -0.2) is 17.9 Å². The molecule has 2 saturated carbocycles. The smallest absolute Gasteiger partial charge is 0.341 e. The fourth-order valence-electron chi connectivity index (χ4n) is 4.41. The molecule has 0 atom stereocenters. The lowest BCUT2D eigenvalue weighted by molar-refractivity contribution is -0.144. The third-order valence-corrected chi connectivity index (χ3v) is 5.53. The lowest BCUT2D eigenvalue weighted by Crippen LogP contribution is -2.28. The van der Waals surface area contributed by atoms with Crippen molar-refractivity contribution in [2.24, 2.45) is 11.8 Å². The lowest BCUT2D eigenvalue weighted by atomic mass is 9.71. The Morgan fingerprint density at radius 2 is 1.33 bits per heavy atom. The van der Waals surface area contributed by atoms with E-state index in [0.29, 0.717) is 23.8 Å². The van der Waals surface area contributed by atoms with E-state index in [1.54, 1.807) is 0 Å². The van der Waals surface area contributed by atoms with Gasteiger partial charge in [0.2, 0.25) is 0 Å². The molecule has 0 aromatic heterocycles. The minimum absolute atomic E-state index is 0.0215. The molecule has 0 heterocycles. The standard InChI is InChI=1S/C21H34O3/c1-4-18(22)20(21(23)24-15(2)3)19(16-11-7-5-8-12-16)17-13-9-6-10-14-17/h15-17H,4-14H2,1-3H3. The molecule has 0 N–H and O–H groups in total. The maximum absolute atomic E-state index is 12.8. The Hall–Kier alpha value is -1.12. The first-order chi connectivity index (χ1) is 11.5. The van der Waals surface area contributed by atoms with Gasteiger partial charge in [0.05, 0.1) is 6.10 Å². The van der Waals surface area contributed by atoms with Gasteiger partial charge in [0.25, 0.3) is 0 Å². The molecule has 2 fully saturated rings. The van der Waals surface area contributed by atoms with Gasteiger partial charge in [-0.05, 0) is 56.9 Å². The predicted octanol–water partition coefficient (Wildman–Crippen LogP) is 5.37. The van der Waals surface area contributed by atoms with Crippen LogP contribution in [0.2, 0.25) is 0 Å². The van der Waals surface area contributed by atoms with Crippen LogP contribution in [0.5, 0.6) is 0 Å². The average Bonchev–Trinajstić information content (AvgIpc) is 2.59. The molecule has 0 saturated heterocycles. The molecule has 0 aromatic rings. The number of Topliss-reactive ketones (excluding diaryl/α,β-unsaturated/α-hetero) is 1. The number of ether oxygens (including phenoxy) is 1. The van der Waals surface area contributed by atoms with Crippen LogP contribution in [0.25, 0.3) is 0 Å². The summed E-state index contributed by atoms with van der Waals surface area (Å²) < 4.78 is 5.48. The zero-order chi connectivity index (χ0) is 17.5. The average molecular weight is 335 g/mol. The molecule has 2 aliphatic carbocycles. The first-order valence-corrected chi connectivity index (χ1v) is 10.0. The van der Waals surface area contributed by atoms with Gasteiger partial charge in [-0.2, -0.15) is 0 Å². The first-order valence-electron chi connectivity index (χ1n) is 10.0.